The maximum absolute atomic E-state index is 14.2. The van der Waals surface area contributed by atoms with E-state index in [9.17, 15) is 19.5 Å². The van der Waals surface area contributed by atoms with Crippen molar-refractivity contribution in [3.8, 4) is 5.75 Å². The average molecular weight is 558 g/mol. The molecule has 0 spiro atoms. The number of alkyl carbamates (subject to hydrolysis) is 1. The minimum absolute atomic E-state index is 0.00652. The van der Waals surface area contributed by atoms with Gasteiger partial charge in [0.25, 0.3) is 5.91 Å². The van der Waals surface area contributed by atoms with Gasteiger partial charge in [-0.1, -0.05) is 50.1 Å². The molecule has 0 saturated carbocycles. The molecular weight excluding hydrogens is 514 g/mol. The number of nitrogens with one attached hydrogen (secondary N) is 2. The van der Waals surface area contributed by atoms with Crippen LogP contribution in [0.2, 0.25) is 0 Å². The maximum Gasteiger partial charge on any atom is 0.408 e. The van der Waals surface area contributed by atoms with Crippen LogP contribution in [0.25, 0.3) is 0 Å². The number of carbonyl (C=O) groups is 3. The molecule has 2 atom stereocenters. The van der Waals surface area contributed by atoms with Crippen molar-refractivity contribution < 1.29 is 24.2 Å². The van der Waals surface area contributed by atoms with E-state index in [1.807, 2.05) is 31.4 Å². The number of rotatable bonds is 13. The molecule has 0 fully saturated rings. The summed E-state index contributed by atoms with van der Waals surface area (Å²) in [5.41, 5.74) is 1.27. The molecule has 39 heavy (non-hydrogen) atoms. The Morgan fingerprint density at radius 2 is 1.79 bits per heavy atom. The molecule has 0 bridgehead atoms. The number of amides is 3. The molecule has 2 aromatic rings. The highest BCUT2D eigenvalue weighted by Gasteiger charge is 2.36. The number of carbonyl (C=O) groups excluding carboxylic acids is 3. The second-order valence-electron chi connectivity index (χ2n) is 10.5. The third kappa shape index (κ3) is 10.5. The Morgan fingerprint density at radius 3 is 2.41 bits per heavy atom. The van der Waals surface area contributed by atoms with Gasteiger partial charge in [0.15, 0.2) is 0 Å². The molecule has 0 radical (unpaired) electrons. The monoisotopic (exact) mass is 557 g/mol. The molecule has 3 N–H and O–H groups in total. The zero-order chi connectivity index (χ0) is 29.0. The molecule has 8 nitrogen and oxygen atoms in total. The van der Waals surface area contributed by atoms with E-state index in [0.29, 0.717) is 36.4 Å². The molecule has 2 rings (SSSR count). The van der Waals surface area contributed by atoms with E-state index in [1.54, 1.807) is 50.7 Å². The molecule has 3 amide bonds. The predicted molar refractivity (Wildman–Crippen MR) is 158 cm³/mol. The van der Waals surface area contributed by atoms with Gasteiger partial charge in [-0.3, -0.25) is 9.59 Å². The molecule has 214 valence electrons. The van der Waals surface area contributed by atoms with Gasteiger partial charge in [-0.15, -0.1) is 0 Å². The summed E-state index contributed by atoms with van der Waals surface area (Å²) in [6.45, 7) is 9.55. The van der Waals surface area contributed by atoms with Crippen molar-refractivity contribution >= 4 is 35.4 Å². The van der Waals surface area contributed by atoms with Crippen LogP contribution >= 0.6 is 11.8 Å². The van der Waals surface area contributed by atoms with Gasteiger partial charge in [0.05, 0.1) is 0 Å². The zero-order valence-corrected chi connectivity index (χ0v) is 24.8. The second kappa shape index (κ2) is 15.4. The van der Waals surface area contributed by atoms with E-state index < -0.39 is 29.7 Å². The number of benzene rings is 2. The van der Waals surface area contributed by atoms with Crippen molar-refractivity contribution in [1.29, 1.82) is 0 Å². The summed E-state index contributed by atoms with van der Waals surface area (Å²) < 4.78 is 5.44. The lowest BCUT2D eigenvalue weighted by atomic mass is 10.0. The fraction of sp³-hybridized carbons (Fsp3) is 0.500. The highest BCUT2D eigenvalue weighted by Crippen LogP contribution is 2.28. The minimum Gasteiger partial charge on any atom is -0.508 e. The quantitative estimate of drug-likeness (QED) is 0.259. The number of hydrogen-bond acceptors (Lipinski definition) is 6. The molecule has 9 heteroatoms. The average Bonchev–Trinajstić information content (AvgIpc) is 2.86. The van der Waals surface area contributed by atoms with Crippen molar-refractivity contribution in [3.63, 3.8) is 0 Å². The molecule has 0 saturated heterocycles. The van der Waals surface area contributed by atoms with E-state index in [1.165, 1.54) is 17.0 Å². The van der Waals surface area contributed by atoms with E-state index in [-0.39, 0.29) is 11.7 Å². The molecule has 2 unspecified atom stereocenters. The topological polar surface area (TPSA) is 108 Å². The van der Waals surface area contributed by atoms with Gasteiger partial charge in [0.2, 0.25) is 5.91 Å². The Hall–Kier alpha value is -3.20. The Bertz CT molecular complexity index is 1100. The highest BCUT2D eigenvalue weighted by atomic mass is 32.2. The van der Waals surface area contributed by atoms with Gasteiger partial charge in [-0.2, -0.15) is 11.8 Å². The van der Waals surface area contributed by atoms with E-state index >= 15 is 0 Å². The number of phenolic OH excluding ortho intramolecular Hbond substituents is 1. The summed E-state index contributed by atoms with van der Waals surface area (Å²) >= 11 is 1.56. The van der Waals surface area contributed by atoms with Crippen LogP contribution in [0.1, 0.15) is 70.5 Å². The summed E-state index contributed by atoms with van der Waals surface area (Å²) in [5, 5.41) is 16.0. The first-order valence-electron chi connectivity index (χ1n) is 13.4. The van der Waals surface area contributed by atoms with Gasteiger partial charge < -0.3 is 25.4 Å². The SMILES string of the molecule is CCCCCN(C(=O)C(CCSC)NC(=O)OC(C)(C)C)C(C(=O)Nc1ccccc1C)c1cccc(O)c1. The third-order valence-electron chi connectivity index (χ3n) is 6.03. The number of ether oxygens (including phenoxy) is 1. The largest absolute Gasteiger partial charge is 0.508 e. The lowest BCUT2D eigenvalue weighted by Crippen LogP contribution is -2.52. The fourth-order valence-corrected chi connectivity index (χ4v) is 4.60. The Labute approximate surface area is 236 Å². The molecule has 0 heterocycles. The molecule has 0 aliphatic rings. The second-order valence-corrected chi connectivity index (χ2v) is 11.5. The Balaban J connectivity index is 2.52. The number of aromatic hydroxyl groups is 1. The van der Waals surface area contributed by atoms with E-state index in [0.717, 1.165) is 18.4 Å². The van der Waals surface area contributed by atoms with Crippen LogP contribution in [0.4, 0.5) is 10.5 Å². The summed E-state index contributed by atoms with van der Waals surface area (Å²) in [7, 11) is 0. The van der Waals surface area contributed by atoms with Gasteiger partial charge >= 0.3 is 6.09 Å². The zero-order valence-electron chi connectivity index (χ0n) is 24.0. The lowest BCUT2D eigenvalue weighted by molar-refractivity contribution is -0.141. The summed E-state index contributed by atoms with van der Waals surface area (Å²) in [5.74, 6) is -0.158. The first-order valence-corrected chi connectivity index (χ1v) is 14.8. The minimum atomic E-state index is -1.03. The number of aryl methyl sites for hydroxylation is 1. The maximum atomic E-state index is 14.2. The van der Waals surface area contributed by atoms with Gasteiger partial charge in [0.1, 0.15) is 23.4 Å². The van der Waals surface area contributed by atoms with Gasteiger partial charge in [-0.25, -0.2) is 4.79 Å². The standard InChI is InChI=1S/C30H43N3O5S/c1-7-8-11-18-33(28(36)25(17-19-39-6)32-29(37)38-30(3,4)5)26(22-14-12-15-23(34)20-22)27(35)31-24-16-10-9-13-21(24)2/h9-10,12-16,20,25-26,34H,7-8,11,17-19H2,1-6H3,(H,31,35)(H,32,37). The van der Waals surface area contributed by atoms with Crippen molar-refractivity contribution in [2.75, 3.05) is 23.9 Å². The molecule has 0 aliphatic carbocycles. The van der Waals surface area contributed by atoms with Crippen LogP contribution in [0.5, 0.6) is 5.75 Å². The van der Waals surface area contributed by atoms with Crippen LogP contribution in [0, 0.1) is 6.92 Å². The molecular formula is C30H43N3O5S. The van der Waals surface area contributed by atoms with Gasteiger partial charge in [-0.05, 0) is 81.9 Å². The van der Waals surface area contributed by atoms with E-state index in [2.05, 4.69) is 17.6 Å². The third-order valence-corrected chi connectivity index (χ3v) is 6.68. The predicted octanol–water partition coefficient (Wildman–Crippen LogP) is 6.05. The smallest absolute Gasteiger partial charge is 0.408 e. The van der Waals surface area contributed by atoms with Crippen LogP contribution < -0.4 is 10.6 Å². The highest BCUT2D eigenvalue weighted by molar-refractivity contribution is 7.98. The van der Waals surface area contributed by atoms with Crippen LogP contribution in [-0.2, 0) is 14.3 Å². The van der Waals surface area contributed by atoms with E-state index in [4.69, 9.17) is 4.74 Å². The summed E-state index contributed by atoms with van der Waals surface area (Å²) in [6.07, 6.45) is 4.09. The number of hydrogen-bond donors (Lipinski definition) is 3. The number of anilines is 1. The normalized spacial score (nSPS) is 12.8. The number of thioether (sulfide) groups is 1. The van der Waals surface area contributed by atoms with Crippen molar-refractivity contribution in [3.05, 3.63) is 59.7 Å². The van der Waals surface area contributed by atoms with Crippen molar-refractivity contribution in [2.24, 2.45) is 0 Å². The Morgan fingerprint density at radius 1 is 1.08 bits per heavy atom. The molecule has 0 aromatic heterocycles. The number of nitrogens with zero attached hydrogens (tertiary/aromatic N) is 1. The number of para-hydroxylation sites is 1. The van der Waals surface area contributed by atoms with Crippen LogP contribution in [0.3, 0.4) is 0 Å². The van der Waals surface area contributed by atoms with Crippen molar-refractivity contribution in [1.82, 2.24) is 10.2 Å². The molecule has 0 aliphatic heterocycles. The Kier molecular flexibility index (Phi) is 12.6. The van der Waals surface area contributed by atoms with Gasteiger partial charge in [0, 0.05) is 12.2 Å². The lowest BCUT2D eigenvalue weighted by Gasteiger charge is -2.34. The molecule has 2 aromatic carbocycles. The summed E-state index contributed by atoms with van der Waals surface area (Å²) in [6, 6.07) is 11.9. The summed E-state index contributed by atoms with van der Waals surface area (Å²) in [4.78, 5) is 42.3. The first kappa shape index (κ1) is 32.0. The first-order chi connectivity index (χ1) is 18.5. The van der Waals surface area contributed by atoms with Crippen molar-refractivity contribution in [2.45, 2.75) is 78.0 Å². The number of phenols is 1. The van der Waals surface area contributed by atoms with Crippen LogP contribution in [-0.4, -0.2) is 58.1 Å². The number of unbranched alkanes of at least 4 members (excludes halogenated alkanes) is 2. The van der Waals surface area contributed by atoms with Crippen LogP contribution in [0.15, 0.2) is 48.5 Å². The fourth-order valence-electron chi connectivity index (χ4n) is 4.12.